The van der Waals surface area contributed by atoms with Crippen LogP contribution in [0.3, 0.4) is 0 Å². The molecule has 0 aromatic carbocycles. The summed E-state index contributed by atoms with van der Waals surface area (Å²) in [6.45, 7) is 2.82. The molecule has 0 bridgehead atoms. The average molecular weight is 221 g/mol. The molecule has 1 aliphatic rings. The van der Waals surface area contributed by atoms with Crippen molar-refractivity contribution >= 4 is 5.78 Å². The Morgan fingerprint density at radius 3 is 2.75 bits per heavy atom. The summed E-state index contributed by atoms with van der Waals surface area (Å²) in [5, 5.41) is 4.14. The maximum atomic E-state index is 12.1. The van der Waals surface area contributed by atoms with Crippen LogP contribution in [0.2, 0.25) is 0 Å². The minimum Gasteiger partial charge on any atom is -0.328 e. The Bertz CT molecular complexity index is 364. The summed E-state index contributed by atoms with van der Waals surface area (Å²) in [4.78, 5) is 12.1. The molecule has 0 unspecified atom stereocenters. The smallest absolute Gasteiger partial charge is 0.169 e. The third-order valence-electron chi connectivity index (χ3n) is 3.38. The number of hydrogen-bond acceptors (Lipinski definition) is 3. The Morgan fingerprint density at radius 2 is 2.19 bits per heavy atom. The van der Waals surface area contributed by atoms with Crippen molar-refractivity contribution in [2.24, 2.45) is 11.7 Å². The largest absolute Gasteiger partial charge is 0.328 e. The van der Waals surface area contributed by atoms with E-state index in [0.29, 0.717) is 6.04 Å². The molecule has 1 aromatic rings. The highest BCUT2D eigenvalue weighted by Crippen LogP contribution is 2.26. The standard InChI is InChI=1S/C12H19N3O/c1-2-15-8-10(7-14-15)12(16)9-3-5-11(13)6-4-9/h7-9,11H,2-6,13H2,1H3. The van der Waals surface area contributed by atoms with Gasteiger partial charge in [-0.25, -0.2) is 0 Å². The van der Waals surface area contributed by atoms with Gasteiger partial charge >= 0.3 is 0 Å². The summed E-state index contributed by atoms with van der Waals surface area (Å²) in [5.74, 6) is 0.404. The van der Waals surface area contributed by atoms with Crippen molar-refractivity contribution in [1.29, 1.82) is 0 Å². The van der Waals surface area contributed by atoms with Gasteiger partial charge in [0.15, 0.2) is 5.78 Å². The molecule has 4 nitrogen and oxygen atoms in total. The lowest BCUT2D eigenvalue weighted by atomic mass is 9.82. The Morgan fingerprint density at radius 1 is 1.50 bits per heavy atom. The highest BCUT2D eigenvalue weighted by molar-refractivity contribution is 5.97. The molecular formula is C12H19N3O. The number of rotatable bonds is 3. The van der Waals surface area contributed by atoms with E-state index in [-0.39, 0.29) is 11.7 Å². The monoisotopic (exact) mass is 221 g/mol. The molecule has 2 N–H and O–H groups in total. The van der Waals surface area contributed by atoms with E-state index < -0.39 is 0 Å². The van der Waals surface area contributed by atoms with Crippen molar-refractivity contribution in [2.75, 3.05) is 0 Å². The molecule has 1 saturated carbocycles. The molecule has 1 aliphatic carbocycles. The molecule has 88 valence electrons. The van der Waals surface area contributed by atoms with Crippen molar-refractivity contribution < 1.29 is 4.79 Å². The third-order valence-corrected chi connectivity index (χ3v) is 3.38. The molecule has 0 saturated heterocycles. The van der Waals surface area contributed by atoms with Crippen molar-refractivity contribution in [3.63, 3.8) is 0 Å². The third kappa shape index (κ3) is 2.32. The van der Waals surface area contributed by atoms with Crippen LogP contribution in [0.25, 0.3) is 0 Å². The second-order valence-corrected chi connectivity index (χ2v) is 4.56. The van der Waals surface area contributed by atoms with Crippen LogP contribution in [0.5, 0.6) is 0 Å². The molecule has 4 heteroatoms. The molecule has 0 radical (unpaired) electrons. The van der Waals surface area contributed by atoms with Gasteiger partial charge in [0.2, 0.25) is 0 Å². The highest BCUT2D eigenvalue weighted by Gasteiger charge is 2.26. The lowest BCUT2D eigenvalue weighted by Gasteiger charge is -2.24. The second kappa shape index (κ2) is 4.78. The zero-order valence-corrected chi connectivity index (χ0v) is 9.72. The topological polar surface area (TPSA) is 60.9 Å². The zero-order chi connectivity index (χ0) is 11.5. The van der Waals surface area contributed by atoms with Crippen LogP contribution >= 0.6 is 0 Å². The Labute approximate surface area is 95.8 Å². The number of aryl methyl sites for hydroxylation is 1. The van der Waals surface area contributed by atoms with Gasteiger partial charge in [0, 0.05) is 24.7 Å². The van der Waals surface area contributed by atoms with Gasteiger partial charge in [0.25, 0.3) is 0 Å². The molecule has 1 aromatic heterocycles. The fraction of sp³-hybridized carbons (Fsp3) is 0.667. The van der Waals surface area contributed by atoms with Crippen LogP contribution in [0.15, 0.2) is 12.4 Å². The molecule has 0 aliphatic heterocycles. The number of ketones is 1. The number of carbonyl (C=O) groups is 1. The van der Waals surface area contributed by atoms with Crippen LogP contribution in [0.4, 0.5) is 0 Å². The number of nitrogens with two attached hydrogens (primary N) is 1. The van der Waals surface area contributed by atoms with Crippen LogP contribution in [-0.4, -0.2) is 21.6 Å². The molecule has 1 fully saturated rings. The van der Waals surface area contributed by atoms with Crippen molar-refractivity contribution in [3.05, 3.63) is 18.0 Å². The number of aromatic nitrogens is 2. The lowest BCUT2D eigenvalue weighted by molar-refractivity contribution is 0.0884. The maximum absolute atomic E-state index is 12.1. The van der Waals surface area contributed by atoms with Crippen molar-refractivity contribution in [1.82, 2.24) is 9.78 Å². The van der Waals surface area contributed by atoms with Crippen molar-refractivity contribution in [3.8, 4) is 0 Å². The zero-order valence-electron chi connectivity index (χ0n) is 9.72. The maximum Gasteiger partial charge on any atom is 0.169 e. The van der Waals surface area contributed by atoms with Gasteiger partial charge in [-0.2, -0.15) is 5.10 Å². The quantitative estimate of drug-likeness (QED) is 0.789. The lowest BCUT2D eigenvalue weighted by Crippen LogP contribution is -2.29. The Hall–Kier alpha value is -1.16. The molecular weight excluding hydrogens is 202 g/mol. The summed E-state index contributed by atoms with van der Waals surface area (Å²) in [6, 6.07) is 0.294. The van der Waals surface area contributed by atoms with E-state index in [1.807, 2.05) is 13.1 Å². The first-order valence-electron chi connectivity index (χ1n) is 6.03. The van der Waals surface area contributed by atoms with E-state index >= 15 is 0 Å². The molecule has 16 heavy (non-hydrogen) atoms. The van der Waals surface area contributed by atoms with E-state index in [2.05, 4.69) is 5.10 Å². The molecule has 1 heterocycles. The number of hydrogen-bond donors (Lipinski definition) is 1. The minimum atomic E-state index is 0.161. The first-order chi connectivity index (χ1) is 7.70. The van der Waals surface area contributed by atoms with Crippen LogP contribution < -0.4 is 5.73 Å². The average Bonchev–Trinajstić information content (AvgIpc) is 2.77. The van der Waals surface area contributed by atoms with Gasteiger partial charge in [0.1, 0.15) is 0 Å². The first-order valence-corrected chi connectivity index (χ1v) is 6.03. The minimum absolute atomic E-state index is 0.161. The second-order valence-electron chi connectivity index (χ2n) is 4.56. The molecule has 0 amide bonds. The summed E-state index contributed by atoms with van der Waals surface area (Å²) in [7, 11) is 0. The van der Waals surface area contributed by atoms with E-state index in [4.69, 9.17) is 5.73 Å². The first kappa shape index (κ1) is 11.3. The van der Waals surface area contributed by atoms with E-state index in [1.54, 1.807) is 10.9 Å². The summed E-state index contributed by atoms with van der Waals surface area (Å²) in [6.07, 6.45) is 7.32. The Balaban J connectivity index is 2.01. The normalized spacial score (nSPS) is 25.6. The highest BCUT2D eigenvalue weighted by atomic mass is 16.1. The summed E-state index contributed by atoms with van der Waals surface area (Å²) in [5.41, 5.74) is 6.59. The van der Waals surface area contributed by atoms with Gasteiger partial charge in [-0.15, -0.1) is 0 Å². The van der Waals surface area contributed by atoms with Gasteiger partial charge < -0.3 is 5.73 Å². The van der Waals surface area contributed by atoms with Gasteiger partial charge in [-0.3, -0.25) is 9.48 Å². The SMILES string of the molecule is CCn1cc(C(=O)C2CCC(N)CC2)cn1. The number of Topliss-reactive ketones (excluding diaryl/α,β-unsaturated/α-hetero) is 1. The van der Waals surface area contributed by atoms with Gasteiger partial charge in [0.05, 0.1) is 11.8 Å². The number of carbonyl (C=O) groups excluding carboxylic acids is 1. The van der Waals surface area contributed by atoms with E-state index in [9.17, 15) is 4.79 Å². The van der Waals surface area contributed by atoms with Gasteiger partial charge in [-0.05, 0) is 32.6 Å². The van der Waals surface area contributed by atoms with Crippen LogP contribution in [-0.2, 0) is 6.54 Å². The summed E-state index contributed by atoms with van der Waals surface area (Å²) >= 11 is 0. The predicted octanol–water partition coefficient (Wildman–Crippen LogP) is 1.60. The summed E-state index contributed by atoms with van der Waals surface area (Å²) < 4.78 is 1.79. The van der Waals surface area contributed by atoms with Crippen LogP contribution in [0, 0.1) is 5.92 Å². The fourth-order valence-corrected chi connectivity index (χ4v) is 2.28. The van der Waals surface area contributed by atoms with Gasteiger partial charge in [-0.1, -0.05) is 0 Å². The molecule has 0 atom stereocenters. The molecule has 2 rings (SSSR count). The molecule has 0 spiro atoms. The van der Waals surface area contributed by atoms with E-state index in [1.165, 1.54) is 0 Å². The fourth-order valence-electron chi connectivity index (χ4n) is 2.28. The van der Waals surface area contributed by atoms with Crippen LogP contribution in [0.1, 0.15) is 43.0 Å². The Kier molecular flexibility index (Phi) is 3.39. The van der Waals surface area contributed by atoms with E-state index in [0.717, 1.165) is 37.8 Å². The predicted molar refractivity (Wildman–Crippen MR) is 62.2 cm³/mol. The number of nitrogens with zero attached hydrogens (tertiary/aromatic N) is 2. The van der Waals surface area contributed by atoms with Crippen molar-refractivity contribution in [2.45, 2.75) is 45.2 Å².